The van der Waals surface area contributed by atoms with Crippen molar-refractivity contribution in [2.45, 2.75) is 62.9 Å². The topological polar surface area (TPSA) is 38.8 Å². The summed E-state index contributed by atoms with van der Waals surface area (Å²) in [5.41, 5.74) is 2.60. The van der Waals surface area contributed by atoms with Gasteiger partial charge in [-0.1, -0.05) is 6.07 Å². The Morgan fingerprint density at radius 1 is 1.32 bits per heavy atom. The van der Waals surface area contributed by atoms with Crippen molar-refractivity contribution in [2.75, 3.05) is 13.6 Å². The van der Waals surface area contributed by atoms with Crippen LogP contribution in [0.4, 0.5) is 0 Å². The van der Waals surface area contributed by atoms with Crippen LogP contribution in [0.25, 0.3) is 0 Å². The van der Waals surface area contributed by atoms with E-state index in [1.165, 1.54) is 11.1 Å². The fourth-order valence-corrected chi connectivity index (χ4v) is 6.74. The van der Waals surface area contributed by atoms with E-state index in [-0.39, 0.29) is 11.5 Å². The third-order valence-corrected chi connectivity index (χ3v) is 7.62. The van der Waals surface area contributed by atoms with E-state index in [0.29, 0.717) is 24.2 Å². The molecule has 2 bridgehead atoms. The Hall–Kier alpha value is -1.33. The van der Waals surface area contributed by atoms with Gasteiger partial charge in [0.1, 0.15) is 5.75 Å². The minimum atomic E-state index is -1.74. The highest BCUT2D eigenvalue weighted by Crippen LogP contribution is 2.63. The quantitative estimate of drug-likeness (QED) is 0.762. The van der Waals surface area contributed by atoms with Gasteiger partial charge >= 0.3 is 0 Å². The number of hydrogen-bond donors (Lipinski definition) is 0. The summed E-state index contributed by atoms with van der Waals surface area (Å²) in [6, 6.07) is 4.86. The van der Waals surface area contributed by atoms with Crippen LogP contribution in [0.1, 0.15) is 30.4 Å². The van der Waals surface area contributed by atoms with E-state index < -0.39 is 8.32 Å². The molecule has 4 unspecified atom stereocenters. The van der Waals surface area contributed by atoms with Gasteiger partial charge in [-0.25, -0.2) is 0 Å². The maximum atomic E-state index is 12.8. The third kappa shape index (κ3) is 1.99. The van der Waals surface area contributed by atoms with Gasteiger partial charge in [-0.05, 0) is 70.0 Å². The average Bonchev–Trinajstić information content (AvgIpc) is 2.88. The molecule has 134 valence electrons. The van der Waals surface area contributed by atoms with Crippen LogP contribution in [0.15, 0.2) is 12.1 Å². The number of rotatable bonds is 2. The standard InChI is InChI=1S/C20H27NO3Si/c1-21-10-9-20-13-6-7-15(22)19(20)23-18-16(24-25(2,3)4)8-5-12(17(18)20)11-14(13)21/h5,8,13-14,19H,6-7,9-11H2,1-4H3. The van der Waals surface area contributed by atoms with Crippen LogP contribution < -0.4 is 9.16 Å². The smallest absolute Gasteiger partial charge is 0.242 e. The summed E-state index contributed by atoms with van der Waals surface area (Å²) in [5, 5.41) is 0. The maximum Gasteiger partial charge on any atom is 0.242 e. The Balaban J connectivity index is 1.73. The first-order valence-electron chi connectivity index (χ1n) is 9.56. The molecule has 4 atom stereocenters. The molecular formula is C20H27NO3Si. The minimum absolute atomic E-state index is 0.103. The van der Waals surface area contributed by atoms with E-state index in [4.69, 9.17) is 9.16 Å². The highest BCUT2D eigenvalue weighted by molar-refractivity contribution is 6.70. The number of piperidine rings is 1. The van der Waals surface area contributed by atoms with Gasteiger partial charge in [0.2, 0.25) is 8.32 Å². The molecule has 4 aliphatic rings. The SMILES string of the molecule is CN1CCC23c4c5ccc(O[Si](C)(C)C)c4OC2C(=O)CCC3C1C5. The summed E-state index contributed by atoms with van der Waals surface area (Å²) >= 11 is 0. The number of ketones is 1. The first-order valence-corrected chi connectivity index (χ1v) is 13.0. The van der Waals surface area contributed by atoms with Crippen molar-refractivity contribution in [1.82, 2.24) is 4.90 Å². The van der Waals surface area contributed by atoms with Gasteiger partial charge in [0.05, 0.1) is 0 Å². The molecule has 5 rings (SSSR count). The van der Waals surface area contributed by atoms with Gasteiger partial charge in [0.15, 0.2) is 17.6 Å². The molecule has 0 aromatic heterocycles. The van der Waals surface area contributed by atoms with Crippen molar-refractivity contribution in [1.29, 1.82) is 0 Å². The number of hydrogen-bond acceptors (Lipinski definition) is 4. The van der Waals surface area contributed by atoms with Gasteiger partial charge in [0.25, 0.3) is 0 Å². The number of carbonyl (C=O) groups is 1. The Kier molecular flexibility index (Phi) is 3.10. The van der Waals surface area contributed by atoms with Crippen LogP contribution in [0.3, 0.4) is 0 Å². The van der Waals surface area contributed by atoms with Gasteiger partial charge in [0, 0.05) is 23.4 Å². The summed E-state index contributed by atoms with van der Waals surface area (Å²) < 4.78 is 12.8. The molecule has 1 saturated carbocycles. The normalized spacial score (nSPS) is 36.0. The zero-order chi connectivity index (χ0) is 17.6. The van der Waals surface area contributed by atoms with Crippen molar-refractivity contribution in [3.8, 4) is 11.5 Å². The number of Topliss-reactive ketones (excluding diaryl/α,β-unsaturated/α-hetero) is 1. The van der Waals surface area contributed by atoms with E-state index in [0.717, 1.165) is 37.3 Å². The molecule has 25 heavy (non-hydrogen) atoms. The molecule has 1 spiro atoms. The Morgan fingerprint density at radius 2 is 2.12 bits per heavy atom. The largest absolute Gasteiger partial charge is 0.542 e. The van der Waals surface area contributed by atoms with E-state index in [2.05, 4.69) is 43.7 Å². The van der Waals surface area contributed by atoms with Gasteiger partial charge < -0.3 is 14.1 Å². The molecule has 1 aromatic rings. The van der Waals surface area contributed by atoms with Crippen molar-refractivity contribution in [3.63, 3.8) is 0 Å². The highest BCUT2D eigenvalue weighted by Gasteiger charge is 2.65. The number of benzene rings is 1. The highest BCUT2D eigenvalue weighted by atomic mass is 28.4. The summed E-state index contributed by atoms with van der Waals surface area (Å²) in [6.45, 7) is 7.63. The predicted octanol–water partition coefficient (Wildman–Crippen LogP) is 3.14. The number of carbonyl (C=O) groups excluding carboxylic acids is 1. The van der Waals surface area contributed by atoms with Crippen molar-refractivity contribution >= 4 is 14.1 Å². The second-order valence-electron chi connectivity index (χ2n) is 9.29. The summed E-state index contributed by atoms with van der Waals surface area (Å²) in [6.07, 6.45) is 3.48. The monoisotopic (exact) mass is 357 g/mol. The fourth-order valence-electron chi connectivity index (χ4n) is 5.92. The van der Waals surface area contributed by atoms with Crippen molar-refractivity contribution < 1.29 is 14.0 Å². The molecule has 1 saturated heterocycles. The fraction of sp³-hybridized carbons (Fsp3) is 0.650. The van der Waals surface area contributed by atoms with Gasteiger partial charge in [-0.2, -0.15) is 0 Å². The lowest BCUT2D eigenvalue weighted by molar-refractivity contribution is -0.138. The van der Waals surface area contributed by atoms with Crippen LogP contribution >= 0.6 is 0 Å². The molecule has 2 aliphatic heterocycles. The molecule has 0 N–H and O–H groups in total. The molecule has 4 nitrogen and oxygen atoms in total. The Bertz CT molecular complexity index is 771. The van der Waals surface area contributed by atoms with Crippen molar-refractivity contribution in [3.05, 3.63) is 23.3 Å². The predicted molar refractivity (Wildman–Crippen MR) is 99.0 cm³/mol. The van der Waals surface area contributed by atoms with Crippen LogP contribution in [0, 0.1) is 5.92 Å². The van der Waals surface area contributed by atoms with Crippen LogP contribution in [0.2, 0.25) is 19.6 Å². The number of nitrogens with zero attached hydrogens (tertiary/aromatic N) is 1. The molecule has 2 fully saturated rings. The Labute approximate surface area is 150 Å². The zero-order valence-corrected chi connectivity index (χ0v) is 16.6. The lowest BCUT2D eigenvalue weighted by Crippen LogP contribution is -2.65. The second kappa shape index (κ2) is 4.89. The number of ether oxygens (including phenoxy) is 1. The van der Waals surface area contributed by atoms with E-state index in [9.17, 15) is 4.79 Å². The first kappa shape index (κ1) is 15.9. The van der Waals surface area contributed by atoms with Crippen LogP contribution in [0.5, 0.6) is 11.5 Å². The molecular weight excluding hydrogens is 330 g/mol. The maximum absolute atomic E-state index is 12.8. The van der Waals surface area contributed by atoms with Crippen molar-refractivity contribution in [2.24, 2.45) is 5.92 Å². The number of likely N-dealkylation sites (tertiary alicyclic amines) is 1. The number of likely N-dealkylation sites (N-methyl/N-ethyl adjacent to an activating group) is 1. The zero-order valence-electron chi connectivity index (χ0n) is 15.6. The lowest BCUT2D eigenvalue weighted by atomic mass is 9.52. The third-order valence-electron chi connectivity index (χ3n) is 6.79. The van der Waals surface area contributed by atoms with Crippen LogP contribution in [-0.4, -0.2) is 44.7 Å². The molecule has 2 aliphatic carbocycles. The summed E-state index contributed by atoms with van der Waals surface area (Å²) in [4.78, 5) is 15.3. The first-order chi connectivity index (χ1) is 11.8. The molecule has 5 heteroatoms. The molecule has 0 amide bonds. The van der Waals surface area contributed by atoms with E-state index >= 15 is 0 Å². The minimum Gasteiger partial charge on any atom is -0.542 e. The van der Waals surface area contributed by atoms with E-state index in [1.807, 2.05) is 0 Å². The molecule has 0 radical (unpaired) electrons. The summed E-state index contributed by atoms with van der Waals surface area (Å²) in [5.74, 6) is 2.59. The molecule has 2 heterocycles. The average molecular weight is 358 g/mol. The molecule has 1 aromatic carbocycles. The van der Waals surface area contributed by atoms with Gasteiger partial charge in [-0.15, -0.1) is 0 Å². The van der Waals surface area contributed by atoms with Crippen LogP contribution in [-0.2, 0) is 16.6 Å². The second-order valence-corrected chi connectivity index (χ2v) is 13.7. The lowest BCUT2D eigenvalue weighted by Gasteiger charge is -2.57. The van der Waals surface area contributed by atoms with Gasteiger partial charge in [-0.3, -0.25) is 4.79 Å². The van der Waals surface area contributed by atoms with E-state index in [1.54, 1.807) is 0 Å². The summed E-state index contributed by atoms with van der Waals surface area (Å²) in [7, 11) is 0.502. The Morgan fingerprint density at radius 3 is 2.88 bits per heavy atom.